The zero-order valence-corrected chi connectivity index (χ0v) is 10.9. The highest BCUT2D eigenvalue weighted by Crippen LogP contribution is 2.18. The second-order valence-electron chi connectivity index (χ2n) is 4.39. The van der Waals surface area contributed by atoms with Crippen LogP contribution in [0.25, 0.3) is 0 Å². The Kier molecular flexibility index (Phi) is 3.84. The van der Waals surface area contributed by atoms with Gasteiger partial charge in [-0.2, -0.15) is 5.10 Å². The van der Waals surface area contributed by atoms with E-state index >= 15 is 0 Å². The van der Waals surface area contributed by atoms with E-state index in [1.165, 1.54) is 12.3 Å². The molecule has 1 aliphatic rings. The van der Waals surface area contributed by atoms with E-state index in [0.717, 1.165) is 0 Å². The van der Waals surface area contributed by atoms with E-state index in [9.17, 15) is 18.3 Å². The molecule has 7 heteroatoms. The van der Waals surface area contributed by atoms with Crippen molar-refractivity contribution in [2.75, 3.05) is 11.5 Å². The maximum Gasteiger partial charge on any atom is 0.244 e. The normalized spacial score (nSPS) is 21.6. The maximum atomic E-state index is 11.7. The molecule has 0 unspecified atom stereocenters. The largest absolute Gasteiger partial charge is 0.507 e. The van der Waals surface area contributed by atoms with Gasteiger partial charge < -0.3 is 5.11 Å². The smallest absolute Gasteiger partial charge is 0.244 e. The zero-order valence-electron chi connectivity index (χ0n) is 10.1. The minimum absolute atomic E-state index is 0.0499. The van der Waals surface area contributed by atoms with E-state index in [2.05, 4.69) is 10.5 Å². The van der Waals surface area contributed by atoms with Crippen molar-refractivity contribution in [2.24, 2.45) is 11.0 Å². The summed E-state index contributed by atoms with van der Waals surface area (Å²) in [5, 5.41) is 13.2. The number of carbonyl (C=O) groups excluding carboxylic acids is 1. The first kappa shape index (κ1) is 13.5. The number of carbonyl (C=O) groups is 1. The van der Waals surface area contributed by atoms with Crippen LogP contribution in [0.1, 0.15) is 12.0 Å². The molecule has 0 spiro atoms. The maximum absolute atomic E-state index is 11.7. The molecule has 0 radical (unpaired) electrons. The average Bonchev–Trinajstić information content (AvgIpc) is 2.72. The van der Waals surface area contributed by atoms with Crippen LogP contribution in [0, 0.1) is 5.92 Å². The molecule has 1 amide bonds. The van der Waals surface area contributed by atoms with Crippen molar-refractivity contribution in [2.45, 2.75) is 6.42 Å². The molecular weight excluding hydrogens is 268 g/mol. The summed E-state index contributed by atoms with van der Waals surface area (Å²) in [5.41, 5.74) is 2.77. The van der Waals surface area contributed by atoms with Crippen LogP contribution in [0.15, 0.2) is 29.4 Å². The van der Waals surface area contributed by atoms with Crippen LogP contribution in [0.3, 0.4) is 0 Å². The Morgan fingerprint density at radius 3 is 2.79 bits per heavy atom. The first-order valence-electron chi connectivity index (χ1n) is 5.79. The Labute approximate surface area is 111 Å². The quantitative estimate of drug-likeness (QED) is 0.614. The van der Waals surface area contributed by atoms with E-state index < -0.39 is 21.7 Å². The second kappa shape index (κ2) is 5.40. The first-order valence-corrected chi connectivity index (χ1v) is 7.61. The molecule has 1 aliphatic heterocycles. The van der Waals surface area contributed by atoms with Gasteiger partial charge >= 0.3 is 0 Å². The SMILES string of the molecule is O=C(N/N=C/c1ccccc1O)[C@@H]1CCS(=O)(=O)C1. The molecule has 0 bridgehead atoms. The number of phenols is 1. The fourth-order valence-corrected chi connectivity index (χ4v) is 3.60. The molecule has 2 rings (SSSR count). The number of sulfone groups is 1. The second-order valence-corrected chi connectivity index (χ2v) is 6.62. The summed E-state index contributed by atoms with van der Waals surface area (Å²) >= 11 is 0. The summed E-state index contributed by atoms with van der Waals surface area (Å²) < 4.78 is 22.5. The molecule has 102 valence electrons. The minimum Gasteiger partial charge on any atom is -0.507 e. The van der Waals surface area contributed by atoms with Crippen LogP contribution >= 0.6 is 0 Å². The molecule has 1 atom stereocenters. The van der Waals surface area contributed by atoms with E-state index in [0.29, 0.717) is 12.0 Å². The van der Waals surface area contributed by atoms with Gasteiger partial charge in [-0.05, 0) is 18.6 Å². The van der Waals surface area contributed by atoms with Crippen molar-refractivity contribution in [3.63, 3.8) is 0 Å². The molecule has 19 heavy (non-hydrogen) atoms. The van der Waals surface area contributed by atoms with Crippen molar-refractivity contribution in [3.05, 3.63) is 29.8 Å². The van der Waals surface area contributed by atoms with Crippen LogP contribution in [-0.2, 0) is 14.6 Å². The Hall–Kier alpha value is -1.89. The highest BCUT2D eigenvalue weighted by Gasteiger charge is 2.32. The topological polar surface area (TPSA) is 95.8 Å². The molecule has 0 aromatic heterocycles. The third-order valence-corrected chi connectivity index (χ3v) is 4.69. The van der Waals surface area contributed by atoms with Crippen molar-refractivity contribution in [1.29, 1.82) is 0 Å². The number of para-hydroxylation sites is 1. The van der Waals surface area contributed by atoms with Crippen LogP contribution in [0.4, 0.5) is 0 Å². The lowest BCUT2D eigenvalue weighted by Crippen LogP contribution is -2.27. The van der Waals surface area contributed by atoms with Crippen molar-refractivity contribution >= 4 is 22.0 Å². The predicted molar refractivity (Wildman–Crippen MR) is 70.6 cm³/mol. The van der Waals surface area contributed by atoms with Gasteiger partial charge in [0, 0.05) is 5.56 Å². The van der Waals surface area contributed by atoms with Gasteiger partial charge in [0.15, 0.2) is 9.84 Å². The number of benzene rings is 1. The van der Waals surface area contributed by atoms with Gasteiger partial charge in [-0.15, -0.1) is 0 Å². The number of rotatable bonds is 3. The zero-order chi connectivity index (χ0) is 13.9. The molecule has 1 aromatic carbocycles. The fourth-order valence-electron chi connectivity index (χ4n) is 1.86. The molecule has 0 aliphatic carbocycles. The number of phenolic OH excluding ortho intramolecular Hbond substituents is 1. The fraction of sp³-hybridized carbons (Fsp3) is 0.333. The molecular formula is C12H14N2O4S. The van der Waals surface area contributed by atoms with Gasteiger partial charge in [-0.25, -0.2) is 13.8 Å². The van der Waals surface area contributed by atoms with E-state index in [4.69, 9.17) is 0 Å². The third-order valence-electron chi connectivity index (χ3n) is 2.92. The van der Waals surface area contributed by atoms with E-state index in [1.54, 1.807) is 18.2 Å². The number of nitrogens with zero attached hydrogens (tertiary/aromatic N) is 1. The standard InChI is InChI=1S/C12H14N2O4S/c15-11-4-2-1-3-9(11)7-13-14-12(16)10-5-6-19(17,18)8-10/h1-4,7,10,15H,5-6,8H2,(H,14,16)/b13-7+/t10-/m1/s1. The lowest BCUT2D eigenvalue weighted by Gasteiger charge is -2.04. The van der Waals surface area contributed by atoms with E-state index in [1.807, 2.05) is 0 Å². The van der Waals surface area contributed by atoms with Crippen molar-refractivity contribution in [1.82, 2.24) is 5.43 Å². The number of hydrazone groups is 1. The van der Waals surface area contributed by atoms with Crippen LogP contribution in [0.5, 0.6) is 5.75 Å². The summed E-state index contributed by atoms with van der Waals surface area (Å²) in [6, 6.07) is 6.55. The van der Waals surface area contributed by atoms with Gasteiger partial charge in [0.05, 0.1) is 23.6 Å². The highest BCUT2D eigenvalue weighted by atomic mass is 32.2. The number of aromatic hydroxyl groups is 1. The van der Waals surface area contributed by atoms with Crippen LogP contribution < -0.4 is 5.43 Å². The molecule has 6 nitrogen and oxygen atoms in total. The molecule has 2 N–H and O–H groups in total. The van der Waals surface area contributed by atoms with Crippen molar-refractivity contribution in [3.8, 4) is 5.75 Å². The number of nitrogens with one attached hydrogen (secondary N) is 1. The van der Waals surface area contributed by atoms with Crippen LogP contribution in [-0.4, -0.2) is 37.2 Å². The van der Waals surface area contributed by atoms with Crippen molar-refractivity contribution < 1.29 is 18.3 Å². The predicted octanol–water partition coefficient (Wildman–Crippen LogP) is 0.277. The minimum atomic E-state index is -3.08. The summed E-state index contributed by atoms with van der Waals surface area (Å²) in [6.07, 6.45) is 1.65. The van der Waals surface area contributed by atoms with Crippen LogP contribution in [0.2, 0.25) is 0 Å². The highest BCUT2D eigenvalue weighted by molar-refractivity contribution is 7.91. The molecule has 1 heterocycles. The Balaban J connectivity index is 1.93. The monoisotopic (exact) mass is 282 g/mol. The summed E-state index contributed by atoms with van der Waals surface area (Å²) in [6.45, 7) is 0. The molecule has 1 aromatic rings. The third kappa shape index (κ3) is 3.54. The van der Waals surface area contributed by atoms with E-state index in [-0.39, 0.29) is 17.3 Å². The Morgan fingerprint density at radius 2 is 2.16 bits per heavy atom. The first-order chi connectivity index (χ1) is 8.98. The molecule has 1 saturated heterocycles. The lowest BCUT2D eigenvalue weighted by atomic mass is 10.1. The van der Waals surface area contributed by atoms with Gasteiger partial charge in [0.1, 0.15) is 5.75 Å². The number of hydrogen-bond acceptors (Lipinski definition) is 5. The van der Waals surface area contributed by atoms with Gasteiger partial charge in [-0.3, -0.25) is 4.79 Å². The Morgan fingerprint density at radius 1 is 1.42 bits per heavy atom. The summed E-state index contributed by atoms with van der Waals surface area (Å²) in [7, 11) is -3.08. The van der Waals surface area contributed by atoms with Gasteiger partial charge in [0.2, 0.25) is 5.91 Å². The average molecular weight is 282 g/mol. The van der Waals surface area contributed by atoms with Gasteiger partial charge in [0.25, 0.3) is 0 Å². The summed E-state index contributed by atoms with van der Waals surface area (Å²) in [5.74, 6) is -0.956. The number of amides is 1. The number of hydrogen-bond donors (Lipinski definition) is 2. The molecule has 0 saturated carbocycles. The molecule has 1 fully saturated rings. The summed E-state index contributed by atoms with van der Waals surface area (Å²) in [4.78, 5) is 11.7. The van der Waals surface area contributed by atoms with Gasteiger partial charge in [-0.1, -0.05) is 12.1 Å². The lowest BCUT2D eigenvalue weighted by molar-refractivity contribution is -0.124. The Bertz CT molecular complexity index is 610.